The first kappa shape index (κ1) is 16.6. The van der Waals surface area contributed by atoms with Crippen LogP contribution in [0.5, 0.6) is 5.75 Å². The molecule has 1 fully saturated rings. The van der Waals surface area contributed by atoms with Crippen molar-refractivity contribution in [2.24, 2.45) is 0 Å². The van der Waals surface area contributed by atoms with E-state index in [0.717, 1.165) is 10.9 Å². The maximum Gasteiger partial charge on any atom is 0.257 e. The van der Waals surface area contributed by atoms with Gasteiger partial charge in [0, 0.05) is 17.1 Å². The molecule has 6 nitrogen and oxygen atoms in total. The summed E-state index contributed by atoms with van der Waals surface area (Å²) in [7, 11) is 0. The molecule has 1 aromatic heterocycles. The number of fused-ring (bicyclic) bond motifs is 1. The van der Waals surface area contributed by atoms with Crippen LogP contribution in [0.1, 0.15) is 16.4 Å². The number of phenolic OH excluding ortho intramolecular Hbond substituents is 1. The van der Waals surface area contributed by atoms with Gasteiger partial charge in [-0.05, 0) is 18.2 Å². The number of carbonyl (C=O) groups excluding carboxylic acids is 2. The molecule has 2 N–H and O–H groups in total. The first-order chi connectivity index (χ1) is 12.6. The number of nitrogens with zero attached hydrogens (tertiary/aromatic N) is 2. The van der Waals surface area contributed by atoms with Gasteiger partial charge in [-0.2, -0.15) is 0 Å². The number of halogens is 1. The maximum absolute atomic E-state index is 12.5. The molecule has 26 heavy (non-hydrogen) atoms. The summed E-state index contributed by atoms with van der Waals surface area (Å²) in [6.45, 7) is -0.0713. The second-order valence-electron chi connectivity index (χ2n) is 6.09. The predicted octanol–water partition coefficient (Wildman–Crippen LogP) is 2.68. The fourth-order valence-electron chi connectivity index (χ4n) is 3.20. The fourth-order valence-corrected chi connectivity index (χ4v) is 3.56. The highest BCUT2D eigenvalue weighted by Gasteiger charge is 2.48. The number of para-hydroxylation sites is 2. The van der Waals surface area contributed by atoms with Crippen molar-refractivity contribution in [3.8, 4) is 5.75 Å². The number of hydrogen-bond donors (Lipinski definition) is 2. The summed E-state index contributed by atoms with van der Waals surface area (Å²) < 4.78 is 1.54. The number of nitrogens with one attached hydrogen (secondary N) is 1. The van der Waals surface area contributed by atoms with Gasteiger partial charge in [0.25, 0.3) is 5.91 Å². The molecule has 7 heteroatoms. The summed E-state index contributed by atoms with van der Waals surface area (Å²) in [5.74, 6) is -0.469. The highest BCUT2D eigenvalue weighted by atomic mass is 35.5. The lowest BCUT2D eigenvalue weighted by Crippen LogP contribution is -2.62. The van der Waals surface area contributed by atoms with E-state index < -0.39 is 11.4 Å². The number of hydrazine groups is 1. The standard InChI is InChI=1S/C19H16ClN3O3/c20-17-18(13-6-2-4-8-15(13)24)23(19(17)26)21-11-16(25)22-10-9-12-5-1-3-7-14(12)22/h1-10,17-18,21,24H,11H2. The average molecular weight is 370 g/mol. The highest BCUT2D eigenvalue weighted by Crippen LogP contribution is 2.40. The SMILES string of the molecule is O=C1C(Cl)C(c2ccccc2O)N1NCC(=O)n1ccc2ccccc21. The van der Waals surface area contributed by atoms with E-state index in [4.69, 9.17) is 11.6 Å². The van der Waals surface area contributed by atoms with Crippen LogP contribution in [0.3, 0.4) is 0 Å². The molecule has 2 aromatic carbocycles. The van der Waals surface area contributed by atoms with Crippen LogP contribution in [-0.2, 0) is 4.79 Å². The van der Waals surface area contributed by atoms with Gasteiger partial charge in [-0.15, -0.1) is 11.6 Å². The summed E-state index contributed by atoms with van der Waals surface area (Å²) in [6, 6.07) is 15.6. The van der Waals surface area contributed by atoms with Crippen LogP contribution in [0.2, 0.25) is 0 Å². The molecule has 2 unspecified atom stereocenters. The summed E-state index contributed by atoms with van der Waals surface area (Å²) in [5.41, 5.74) is 4.19. The van der Waals surface area contributed by atoms with Crippen LogP contribution in [0.25, 0.3) is 10.9 Å². The van der Waals surface area contributed by atoms with E-state index in [1.165, 1.54) is 11.1 Å². The quantitative estimate of drug-likeness (QED) is 0.547. The van der Waals surface area contributed by atoms with E-state index in [0.29, 0.717) is 5.56 Å². The van der Waals surface area contributed by atoms with E-state index in [-0.39, 0.29) is 24.1 Å². The number of benzene rings is 2. The monoisotopic (exact) mass is 369 g/mol. The number of β-lactam (4-membered cyclic amide) rings is 1. The fraction of sp³-hybridized carbons (Fsp3) is 0.158. The molecular weight excluding hydrogens is 354 g/mol. The molecular formula is C19H16ClN3O3. The van der Waals surface area contributed by atoms with Crippen molar-refractivity contribution < 1.29 is 14.7 Å². The third kappa shape index (κ3) is 2.64. The Morgan fingerprint density at radius 1 is 1.12 bits per heavy atom. The maximum atomic E-state index is 12.5. The minimum atomic E-state index is -0.779. The zero-order valence-electron chi connectivity index (χ0n) is 13.7. The molecule has 0 saturated carbocycles. The Morgan fingerprint density at radius 2 is 1.85 bits per heavy atom. The van der Waals surface area contributed by atoms with Crippen molar-refractivity contribution in [2.45, 2.75) is 11.4 Å². The van der Waals surface area contributed by atoms with E-state index in [9.17, 15) is 14.7 Å². The number of amides is 1. The third-order valence-corrected chi connectivity index (χ3v) is 4.98. The molecule has 1 saturated heterocycles. The van der Waals surface area contributed by atoms with Crippen molar-refractivity contribution >= 4 is 34.3 Å². The lowest BCUT2D eigenvalue weighted by atomic mass is 9.94. The number of hydrogen-bond acceptors (Lipinski definition) is 4. The van der Waals surface area contributed by atoms with Crippen LogP contribution in [0.15, 0.2) is 60.8 Å². The number of rotatable bonds is 4. The second kappa shape index (κ2) is 6.48. The second-order valence-corrected chi connectivity index (χ2v) is 6.56. The Hall–Kier alpha value is -2.83. The number of aromatic nitrogens is 1. The molecule has 2 heterocycles. The van der Waals surface area contributed by atoms with Gasteiger partial charge in [0.15, 0.2) is 0 Å². The van der Waals surface area contributed by atoms with Gasteiger partial charge in [-0.3, -0.25) is 19.2 Å². The molecule has 0 spiro atoms. The first-order valence-electron chi connectivity index (χ1n) is 8.16. The van der Waals surface area contributed by atoms with E-state index >= 15 is 0 Å². The Kier molecular flexibility index (Phi) is 4.14. The highest BCUT2D eigenvalue weighted by molar-refractivity contribution is 6.33. The number of carbonyl (C=O) groups is 2. The molecule has 1 aliphatic rings. The van der Waals surface area contributed by atoms with Gasteiger partial charge in [0.05, 0.1) is 12.1 Å². The summed E-state index contributed by atoms with van der Waals surface area (Å²) >= 11 is 6.13. The Labute approximate surface area is 154 Å². The van der Waals surface area contributed by atoms with Gasteiger partial charge in [-0.25, -0.2) is 5.43 Å². The van der Waals surface area contributed by atoms with Crippen molar-refractivity contribution in [1.82, 2.24) is 15.0 Å². The van der Waals surface area contributed by atoms with E-state index in [1.807, 2.05) is 30.3 Å². The minimum absolute atomic E-state index is 0.0604. The normalized spacial score (nSPS) is 19.6. The largest absolute Gasteiger partial charge is 0.508 e. The van der Waals surface area contributed by atoms with Crippen LogP contribution in [-0.4, -0.2) is 38.4 Å². The van der Waals surface area contributed by atoms with Crippen LogP contribution < -0.4 is 5.43 Å². The molecule has 0 bridgehead atoms. The van der Waals surface area contributed by atoms with E-state index in [1.54, 1.807) is 29.0 Å². The van der Waals surface area contributed by atoms with Crippen molar-refractivity contribution in [1.29, 1.82) is 0 Å². The zero-order chi connectivity index (χ0) is 18.3. The minimum Gasteiger partial charge on any atom is -0.508 e. The predicted molar refractivity (Wildman–Crippen MR) is 97.9 cm³/mol. The van der Waals surface area contributed by atoms with Crippen LogP contribution >= 0.6 is 11.6 Å². The molecule has 4 rings (SSSR count). The molecule has 0 radical (unpaired) electrons. The van der Waals surface area contributed by atoms with Gasteiger partial charge < -0.3 is 5.11 Å². The number of phenols is 1. The first-order valence-corrected chi connectivity index (χ1v) is 8.59. The Bertz CT molecular complexity index is 1000. The molecule has 1 amide bonds. The van der Waals surface area contributed by atoms with Gasteiger partial charge in [0.2, 0.25) is 5.91 Å². The molecule has 0 aliphatic carbocycles. The average Bonchev–Trinajstić information content (AvgIpc) is 3.09. The van der Waals surface area contributed by atoms with Crippen LogP contribution in [0, 0.1) is 0 Å². The van der Waals surface area contributed by atoms with Crippen molar-refractivity contribution in [3.05, 3.63) is 66.4 Å². The van der Waals surface area contributed by atoms with E-state index in [2.05, 4.69) is 5.43 Å². The van der Waals surface area contributed by atoms with Crippen molar-refractivity contribution in [2.75, 3.05) is 6.54 Å². The summed E-state index contributed by atoms with van der Waals surface area (Å²) in [6.07, 6.45) is 1.71. The van der Waals surface area contributed by atoms with Gasteiger partial charge in [0.1, 0.15) is 17.2 Å². The Morgan fingerprint density at radius 3 is 2.65 bits per heavy atom. The van der Waals surface area contributed by atoms with Crippen molar-refractivity contribution in [3.63, 3.8) is 0 Å². The van der Waals surface area contributed by atoms with Crippen LogP contribution in [0.4, 0.5) is 0 Å². The van der Waals surface area contributed by atoms with Gasteiger partial charge >= 0.3 is 0 Å². The van der Waals surface area contributed by atoms with Gasteiger partial charge in [-0.1, -0.05) is 36.4 Å². The molecule has 3 aromatic rings. The number of alkyl halides is 1. The lowest BCUT2D eigenvalue weighted by Gasteiger charge is -2.44. The molecule has 2 atom stereocenters. The third-order valence-electron chi connectivity index (χ3n) is 4.55. The zero-order valence-corrected chi connectivity index (χ0v) is 14.4. The summed E-state index contributed by atoms with van der Waals surface area (Å²) in [5, 5.41) is 11.5. The molecule has 1 aliphatic heterocycles. The summed E-state index contributed by atoms with van der Waals surface area (Å²) in [4.78, 5) is 24.6. The Balaban J connectivity index is 1.51. The number of aromatic hydroxyl groups is 1. The molecule has 132 valence electrons. The smallest absolute Gasteiger partial charge is 0.257 e. The topological polar surface area (TPSA) is 74.6 Å². The lowest BCUT2D eigenvalue weighted by molar-refractivity contribution is -0.150.